The lowest BCUT2D eigenvalue weighted by Gasteiger charge is -2.25. The van der Waals surface area contributed by atoms with Crippen LogP contribution in [0.25, 0.3) is 11.1 Å². The van der Waals surface area contributed by atoms with Crippen LogP contribution in [-0.2, 0) is 4.79 Å². The van der Waals surface area contributed by atoms with Crippen molar-refractivity contribution in [2.24, 2.45) is 0 Å². The molecule has 0 aromatic heterocycles. The Morgan fingerprint density at radius 1 is 1.03 bits per heavy atom. The van der Waals surface area contributed by atoms with Crippen molar-refractivity contribution in [1.82, 2.24) is 9.80 Å². The van der Waals surface area contributed by atoms with E-state index in [1.165, 1.54) is 12.1 Å². The molecule has 0 bridgehead atoms. The topological polar surface area (TPSA) is 59.1 Å². The summed E-state index contributed by atoms with van der Waals surface area (Å²) in [6.07, 6.45) is -0.454. The molecule has 6 nitrogen and oxygen atoms in total. The minimum Gasteiger partial charge on any atom is -0.485 e. The number of fused-ring (bicyclic) bond motifs is 2. The average Bonchev–Trinajstić information content (AvgIpc) is 3.22. The molecule has 2 atom stereocenters. The van der Waals surface area contributed by atoms with Gasteiger partial charge in [-0.05, 0) is 42.0 Å². The van der Waals surface area contributed by atoms with Crippen LogP contribution in [0, 0.1) is 11.6 Å². The summed E-state index contributed by atoms with van der Waals surface area (Å²) >= 11 is 0. The Labute approximate surface area is 195 Å². The number of carbonyl (C=O) groups excluding carboxylic acids is 2. The van der Waals surface area contributed by atoms with Crippen molar-refractivity contribution >= 4 is 11.8 Å². The highest BCUT2D eigenvalue weighted by Gasteiger charge is 2.43. The van der Waals surface area contributed by atoms with Crippen LogP contribution >= 0.6 is 0 Å². The Morgan fingerprint density at radius 3 is 2.56 bits per heavy atom. The quantitative estimate of drug-likeness (QED) is 0.590. The number of rotatable bonds is 4. The number of nitrogens with zero attached hydrogens (tertiary/aromatic N) is 2. The lowest BCUT2D eigenvalue weighted by molar-refractivity contribution is -0.132. The number of amides is 2. The first-order valence-corrected chi connectivity index (χ1v) is 10.9. The monoisotopic (exact) mass is 464 g/mol. The Bertz CT molecular complexity index is 1250. The summed E-state index contributed by atoms with van der Waals surface area (Å²) in [5, 5.41) is 0. The molecule has 1 saturated heterocycles. The highest BCUT2D eigenvalue weighted by molar-refractivity contribution is 5.98. The molecule has 174 valence electrons. The predicted octanol–water partition coefficient (Wildman–Crippen LogP) is 3.75. The standard InChI is InChI=1S/C26H22F2N2O4/c1-29-22-13-30(25(31)15-33-18-5-3-2-4-6-18)14-24(22)34-23-11-16(7-9-20(23)26(29)32)19-10-8-17(27)12-21(19)28/h2-12,22,24H,13-15H2,1H3/t22-,24+/m1/s1. The predicted molar refractivity (Wildman–Crippen MR) is 121 cm³/mol. The van der Waals surface area contributed by atoms with Crippen molar-refractivity contribution in [3.05, 3.63) is 83.9 Å². The van der Waals surface area contributed by atoms with Crippen LogP contribution < -0.4 is 9.47 Å². The first-order valence-electron chi connectivity index (χ1n) is 10.9. The van der Waals surface area contributed by atoms with Gasteiger partial charge in [0.2, 0.25) is 0 Å². The van der Waals surface area contributed by atoms with E-state index in [9.17, 15) is 18.4 Å². The maximum atomic E-state index is 14.3. The minimum atomic E-state index is -0.703. The molecule has 0 N–H and O–H groups in total. The Hall–Kier alpha value is -3.94. The molecule has 0 spiro atoms. The highest BCUT2D eigenvalue weighted by atomic mass is 19.1. The maximum Gasteiger partial charge on any atom is 0.260 e. The van der Waals surface area contributed by atoms with Gasteiger partial charge in [0.15, 0.2) is 6.61 Å². The molecule has 1 fully saturated rings. The molecule has 3 aromatic rings. The minimum absolute atomic E-state index is 0.119. The zero-order chi connectivity index (χ0) is 23.8. The number of carbonyl (C=O) groups is 2. The molecule has 5 rings (SSSR count). The van der Waals surface area contributed by atoms with Gasteiger partial charge in [-0.3, -0.25) is 9.59 Å². The maximum absolute atomic E-state index is 14.3. The Kier molecular flexibility index (Phi) is 5.65. The van der Waals surface area contributed by atoms with E-state index in [1.807, 2.05) is 18.2 Å². The molecule has 2 aliphatic heterocycles. The van der Waals surface area contributed by atoms with E-state index < -0.39 is 17.7 Å². The fourth-order valence-corrected chi connectivity index (χ4v) is 4.39. The third-order valence-corrected chi connectivity index (χ3v) is 6.25. The summed E-state index contributed by atoms with van der Waals surface area (Å²) in [6, 6.07) is 16.8. The summed E-state index contributed by atoms with van der Waals surface area (Å²) in [4.78, 5) is 29.1. The van der Waals surface area contributed by atoms with Gasteiger partial charge in [0, 0.05) is 25.2 Å². The van der Waals surface area contributed by atoms with Gasteiger partial charge in [0.25, 0.3) is 11.8 Å². The molecule has 2 heterocycles. The van der Waals surface area contributed by atoms with Gasteiger partial charge in [0.05, 0.1) is 18.2 Å². The normalized spacial score (nSPS) is 19.2. The van der Waals surface area contributed by atoms with Gasteiger partial charge in [-0.25, -0.2) is 8.78 Å². The van der Waals surface area contributed by atoms with Gasteiger partial charge in [0.1, 0.15) is 29.2 Å². The zero-order valence-corrected chi connectivity index (χ0v) is 18.4. The average molecular weight is 464 g/mol. The van der Waals surface area contributed by atoms with Gasteiger partial charge in [-0.2, -0.15) is 0 Å². The Morgan fingerprint density at radius 2 is 1.79 bits per heavy atom. The first kappa shape index (κ1) is 21.9. The third-order valence-electron chi connectivity index (χ3n) is 6.25. The van der Waals surface area contributed by atoms with Crippen molar-refractivity contribution in [2.45, 2.75) is 12.1 Å². The van der Waals surface area contributed by atoms with Gasteiger partial charge in [-0.15, -0.1) is 0 Å². The summed E-state index contributed by atoms with van der Waals surface area (Å²) in [6.45, 7) is 0.483. The molecule has 34 heavy (non-hydrogen) atoms. The van der Waals surface area contributed by atoms with Crippen LogP contribution in [0.5, 0.6) is 11.5 Å². The van der Waals surface area contributed by atoms with E-state index in [2.05, 4.69) is 0 Å². The largest absolute Gasteiger partial charge is 0.485 e. The first-order chi connectivity index (χ1) is 16.4. The number of likely N-dealkylation sites (tertiary alicyclic amines) is 1. The van der Waals surface area contributed by atoms with E-state index in [0.717, 1.165) is 6.07 Å². The fourth-order valence-electron chi connectivity index (χ4n) is 4.39. The zero-order valence-electron chi connectivity index (χ0n) is 18.4. The number of halogens is 2. The molecular weight excluding hydrogens is 442 g/mol. The van der Waals surface area contributed by atoms with E-state index in [1.54, 1.807) is 47.2 Å². The van der Waals surface area contributed by atoms with Crippen LogP contribution in [0.15, 0.2) is 66.7 Å². The molecule has 0 radical (unpaired) electrons. The number of ether oxygens (including phenoxy) is 2. The molecular formula is C26H22F2N2O4. The lowest BCUT2D eigenvalue weighted by Crippen LogP contribution is -2.44. The van der Waals surface area contributed by atoms with Crippen molar-refractivity contribution in [3.8, 4) is 22.6 Å². The summed E-state index contributed by atoms with van der Waals surface area (Å²) in [7, 11) is 1.68. The second-order valence-electron chi connectivity index (χ2n) is 8.38. The molecule has 2 aliphatic rings. The van der Waals surface area contributed by atoms with E-state index in [4.69, 9.17) is 9.47 Å². The second-order valence-corrected chi connectivity index (χ2v) is 8.38. The molecule has 0 unspecified atom stereocenters. The summed E-state index contributed by atoms with van der Waals surface area (Å²) < 4.78 is 39.4. The highest BCUT2D eigenvalue weighted by Crippen LogP contribution is 2.35. The van der Waals surface area contributed by atoms with Gasteiger partial charge >= 0.3 is 0 Å². The summed E-state index contributed by atoms with van der Waals surface area (Å²) in [5.74, 6) is -0.917. The van der Waals surface area contributed by atoms with E-state index in [0.29, 0.717) is 29.2 Å². The summed E-state index contributed by atoms with van der Waals surface area (Å²) in [5.41, 5.74) is 1.02. The smallest absolute Gasteiger partial charge is 0.260 e. The molecule has 2 amide bonds. The fraction of sp³-hybridized carbons (Fsp3) is 0.231. The molecule has 0 saturated carbocycles. The Balaban J connectivity index is 1.36. The van der Waals surface area contributed by atoms with Crippen molar-refractivity contribution < 1.29 is 27.8 Å². The van der Waals surface area contributed by atoms with E-state index >= 15 is 0 Å². The molecule has 0 aliphatic carbocycles. The number of likely N-dealkylation sites (N-methyl/N-ethyl adjacent to an activating group) is 1. The van der Waals surface area contributed by atoms with Crippen molar-refractivity contribution in [2.75, 3.05) is 26.7 Å². The van der Waals surface area contributed by atoms with E-state index in [-0.39, 0.29) is 36.6 Å². The van der Waals surface area contributed by atoms with Crippen molar-refractivity contribution in [1.29, 1.82) is 0 Å². The van der Waals surface area contributed by atoms with Crippen LogP contribution in [0.1, 0.15) is 10.4 Å². The number of para-hydroxylation sites is 1. The van der Waals surface area contributed by atoms with Crippen LogP contribution in [0.3, 0.4) is 0 Å². The number of hydrogen-bond donors (Lipinski definition) is 0. The van der Waals surface area contributed by atoms with Crippen molar-refractivity contribution in [3.63, 3.8) is 0 Å². The number of hydrogen-bond acceptors (Lipinski definition) is 4. The number of benzene rings is 3. The van der Waals surface area contributed by atoms with Crippen LogP contribution in [-0.4, -0.2) is 60.5 Å². The molecule has 3 aromatic carbocycles. The van der Waals surface area contributed by atoms with Gasteiger partial charge in [-0.1, -0.05) is 24.3 Å². The van der Waals surface area contributed by atoms with Crippen LogP contribution in [0.4, 0.5) is 8.78 Å². The molecule has 8 heteroatoms. The SMILES string of the molecule is CN1C(=O)c2ccc(-c3ccc(F)cc3F)cc2O[C@H]2CN(C(=O)COc3ccccc3)C[C@H]21. The van der Waals surface area contributed by atoms with Crippen LogP contribution in [0.2, 0.25) is 0 Å². The third kappa shape index (κ3) is 4.07. The lowest BCUT2D eigenvalue weighted by atomic mass is 10.0. The second kappa shape index (κ2) is 8.78. The van der Waals surface area contributed by atoms with Gasteiger partial charge < -0.3 is 19.3 Å².